The van der Waals surface area contributed by atoms with Crippen molar-refractivity contribution >= 4 is 28.5 Å². The van der Waals surface area contributed by atoms with Crippen molar-refractivity contribution in [3.8, 4) is 22.5 Å². The summed E-state index contributed by atoms with van der Waals surface area (Å²) in [4.78, 5) is 27.8. The molecule has 9 heteroatoms. The van der Waals surface area contributed by atoms with Crippen LogP contribution in [0.5, 0.6) is 0 Å². The minimum absolute atomic E-state index is 0.455. The van der Waals surface area contributed by atoms with Gasteiger partial charge in [-0.15, -0.1) is 0 Å². The monoisotopic (exact) mass is 481 g/mol. The summed E-state index contributed by atoms with van der Waals surface area (Å²) >= 11 is 0. The third-order valence-electron chi connectivity index (χ3n) is 6.47. The molecule has 3 aromatic heterocycles. The second-order valence-electron chi connectivity index (χ2n) is 8.85. The minimum atomic E-state index is -1.33. The number of nitrogens with zero attached hydrogens (tertiary/aromatic N) is 5. The predicted octanol–water partition coefficient (Wildman–Crippen LogP) is 5.26. The predicted molar refractivity (Wildman–Crippen MR) is 139 cm³/mol. The molecule has 0 atom stereocenters. The standard InChI is InChI=1S/C26H24N6.CH3NO2/c27-25-24-23(31-26(32(24)14-13-28-25)18-9-5-2-6-10-18)19-11-12-20-21(15-19)30-22(16-29-20)17-7-3-1-4-8-17;2-1(3)4/h1,3-4,7-8,11-16,18H,2,5-6,9-10H2,(H2,27,28);2H2,(H,3,4). The fraction of sp³-hybridized carbons (Fsp3) is 0.222. The number of nitrogen functional groups attached to an aromatic ring is 1. The molecule has 5 N–H and O–H groups in total. The summed E-state index contributed by atoms with van der Waals surface area (Å²) in [5, 5.41) is 7.19. The molecule has 182 valence electrons. The topological polar surface area (TPSA) is 145 Å². The summed E-state index contributed by atoms with van der Waals surface area (Å²) < 4.78 is 2.14. The van der Waals surface area contributed by atoms with Crippen molar-refractivity contribution in [2.24, 2.45) is 5.73 Å². The molecule has 2 aromatic carbocycles. The zero-order valence-electron chi connectivity index (χ0n) is 19.7. The van der Waals surface area contributed by atoms with Gasteiger partial charge in [-0.2, -0.15) is 0 Å². The lowest BCUT2D eigenvalue weighted by atomic mass is 9.89. The van der Waals surface area contributed by atoms with Gasteiger partial charge in [0.15, 0.2) is 0 Å². The van der Waals surface area contributed by atoms with Gasteiger partial charge in [0.2, 0.25) is 0 Å². The van der Waals surface area contributed by atoms with Crippen molar-refractivity contribution in [2.45, 2.75) is 38.0 Å². The summed E-state index contributed by atoms with van der Waals surface area (Å²) in [7, 11) is 0. The Labute approximate surface area is 207 Å². The number of aromatic nitrogens is 5. The lowest BCUT2D eigenvalue weighted by Crippen LogP contribution is -2.09. The fourth-order valence-electron chi connectivity index (χ4n) is 4.84. The number of anilines is 1. The van der Waals surface area contributed by atoms with Crippen LogP contribution in [0.25, 0.3) is 39.1 Å². The number of nitrogens with two attached hydrogens (primary N) is 2. The molecule has 1 amide bonds. The van der Waals surface area contributed by atoms with Crippen molar-refractivity contribution in [1.29, 1.82) is 0 Å². The second-order valence-corrected chi connectivity index (χ2v) is 8.85. The Balaban J connectivity index is 0.000000623. The van der Waals surface area contributed by atoms with Crippen molar-refractivity contribution < 1.29 is 9.90 Å². The first kappa shape index (κ1) is 23.2. The van der Waals surface area contributed by atoms with E-state index in [0.29, 0.717) is 11.7 Å². The van der Waals surface area contributed by atoms with Gasteiger partial charge in [-0.25, -0.2) is 19.7 Å². The number of primary amides is 1. The highest BCUT2D eigenvalue weighted by molar-refractivity contribution is 5.90. The van der Waals surface area contributed by atoms with Crippen molar-refractivity contribution in [1.82, 2.24) is 24.3 Å². The van der Waals surface area contributed by atoms with E-state index in [-0.39, 0.29) is 0 Å². The molecule has 1 aliphatic rings. The van der Waals surface area contributed by atoms with Crippen LogP contribution in [0.4, 0.5) is 10.6 Å². The van der Waals surface area contributed by atoms with E-state index in [0.717, 1.165) is 44.9 Å². The van der Waals surface area contributed by atoms with E-state index in [1.165, 1.54) is 32.1 Å². The number of fused-ring (bicyclic) bond motifs is 2. The Morgan fingerprint density at radius 2 is 1.69 bits per heavy atom. The molecule has 1 saturated carbocycles. The molecule has 1 aliphatic carbocycles. The van der Waals surface area contributed by atoms with Gasteiger partial charge < -0.3 is 16.6 Å². The van der Waals surface area contributed by atoms with E-state index in [1.807, 2.05) is 48.8 Å². The second kappa shape index (κ2) is 9.99. The highest BCUT2D eigenvalue weighted by Crippen LogP contribution is 2.37. The van der Waals surface area contributed by atoms with Gasteiger partial charge in [-0.3, -0.25) is 9.38 Å². The van der Waals surface area contributed by atoms with E-state index in [2.05, 4.69) is 32.2 Å². The average molecular weight is 482 g/mol. The third kappa shape index (κ3) is 4.68. The summed E-state index contributed by atoms with van der Waals surface area (Å²) in [5.74, 6) is 2.05. The summed E-state index contributed by atoms with van der Waals surface area (Å²) in [6.45, 7) is 0. The van der Waals surface area contributed by atoms with Crippen LogP contribution in [0.2, 0.25) is 0 Å². The van der Waals surface area contributed by atoms with Gasteiger partial charge in [0, 0.05) is 29.4 Å². The molecule has 6 rings (SSSR count). The lowest BCUT2D eigenvalue weighted by Gasteiger charge is -2.20. The zero-order chi connectivity index (χ0) is 25.1. The maximum Gasteiger partial charge on any atom is 0.402 e. The molecule has 9 nitrogen and oxygen atoms in total. The molecule has 5 aromatic rings. The molecule has 0 bridgehead atoms. The Morgan fingerprint density at radius 3 is 2.44 bits per heavy atom. The molecule has 0 saturated heterocycles. The SMILES string of the molecule is NC(=O)O.Nc1nccn2c(C3CCCCC3)nc(-c3ccc4ncc(-c5ccccc5)nc4c3)c12. The maximum atomic E-state index is 8.78. The highest BCUT2D eigenvalue weighted by atomic mass is 16.4. The molecular weight excluding hydrogens is 454 g/mol. The number of hydrogen-bond donors (Lipinski definition) is 3. The molecular formula is C27H27N7O2. The van der Waals surface area contributed by atoms with Gasteiger partial charge in [0.05, 0.1) is 22.9 Å². The van der Waals surface area contributed by atoms with Crippen LogP contribution >= 0.6 is 0 Å². The molecule has 0 unspecified atom stereocenters. The van der Waals surface area contributed by atoms with Crippen LogP contribution in [0.3, 0.4) is 0 Å². The minimum Gasteiger partial charge on any atom is -0.465 e. The van der Waals surface area contributed by atoms with E-state index in [1.54, 1.807) is 6.20 Å². The molecule has 1 fully saturated rings. The lowest BCUT2D eigenvalue weighted by molar-refractivity contribution is 0.205. The van der Waals surface area contributed by atoms with E-state index in [4.69, 9.17) is 25.6 Å². The van der Waals surface area contributed by atoms with Crippen LogP contribution in [0.15, 0.2) is 67.1 Å². The van der Waals surface area contributed by atoms with Crippen LogP contribution in [-0.4, -0.2) is 35.5 Å². The molecule has 0 radical (unpaired) electrons. The van der Waals surface area contributed by atoms with Gasteiger partial charge in [0.25, 0.3) is 0 Å². The number of carboxylic acid groups (broad SMARTS) is 1. The van der Waals surface area contributed by atoms with Crippen LogP contribution in [0, 0.1) is 0 Å². The van der Waals surface area contributed by atoms with Gasteiger partial charge >= 0.3 is 6.09 Å². The zero-order valence-corrected chi connectivity index (χ0v) is 19.7. The van der Waals surface area contributed by atoms with E-state index < -0.39 is 6.09 Å². The summed E-state index contributed by atoms with van der Waals surface area (Å²) in [6.07, 6.45) is 10.4. The van der Waals surface area contributed by atoms with Crippen LogP contribution < -0.4 is 11.5 Å². The third-order valence-corrected chi connectivity index (χ3v) is 6.47. The van der Waals surface area contributed by atoms with Gasteiger partial charge in [0.1, 0.15) is 22.9 Å². The number of hydrogen-bond acceptors (Lipinski definition) is 6. The van der Waals surface area contributed by atoms with E-state index >= 15 is 0 Å². The quantitative estimate of drug-likeness (QED) is 0.319. The van der Waals surface area contributed by atoms with E-state index in [9.17, 15) is 0 Å². The Bertz CT molecular complexity index is 1520. The maximum absolute atomic E-state index is 8.78. The highest BCUT2D eigenvalue weighted by Gasteiger charge is 2.24. The van der Waals surface area contributed by atoms with Crippen LogP contribution in [-0.2, 0) is 0 Å². The first-order chi connectivity index (χ1) is 17.5. The Kier molecular flexibility index (Phi) is 6.44. The van der Waals surface area contributed by atoms with Crippen molar-refractivity contribution in [2.75, 3.05) is 5.73 Å². The van der Waals surface area contributed by atoms with Gasteiger partial charge in [-0.1, -0.05) is 55.7 Å². The first-order valence-corrected chi connectivity index (χ1v) is 11.9. The molecule has 36 heavy (non-hydrogen) atoms. The number of benzene rings is 2. The number of imidazole rings is 1. The average Bonchev–Trinajstić information content (AvgIpc) is 3.30. The van der Waals surface area contributed by atoms with Gasteiger partial charge in [-0.05, 0) is 25.0 Å². The largest absolute Gasteiger partial charge is 0.465 e. The Morgan fingerprint density at radius 1 is 0.944 bits per heavy atom. The van der Waals surface area contributed by atoms with Crippen molar-refractivity contribution in [3.05, 3.63) is 72.9 Å². The number of amides is 1. The smallest absolute Gasteiger partial charge is 0.402 e. The number of carbonyl (C=O) groups is 1. The molecule has 0 spiro atoms. The molecule has 3 heterocycles. The summed E-state index contributed by atoms with van der Waals surface area (Å²) in [6, 6.07) is 16.2. The Hall–Kier alpha value is -4.53. The first-order valence-electron chi connectivity index (χ1n) is 11.9. The normalized spacial score (nSPS) is 13.9. The molecule has 0 aliphatic heterocycles. The van der Waals surface area contributed by atoms with Crippen LogP contribution in [0.1, 0.15) is 43.8 Å². The fourth-order valence-corrected chi connectivity index (χ4v) is 4.84. The number of rotatable bonds is 3. The summed E-state index contributed by atoms with van der Waals surface area (Å²) in [5.41, 5.74) is 16.7. The van der Waals surface area contributed by atoms with Crippen molar-refractivity contribution in [3.63, 3.8) is 0 Å².